The van der Waals surface area contributed by atoms with E-state index in [4.69, 9.17) is 17.2 Å². The van der Waals surface area contributed by atoms with Gasteiger partial charge in [-0.25, -0.2) is 4.99 Å². The van der Waals surface area contributed by atoms with E-state index >= 15 is 0 Å². The second-order valence-electron chi connectivity index (χ2n) is 4.03. The first-order valence-corrected chi connectivity index (χ1v) is 5.72. The van der Waals surface area contributed by atoms with Gasteiger partial charge in [-0.05, 0) is 32.2 Å². The van der Waals surface area contributed by atoms with Gasteiger partial charge >= 0.3 is 0 Å². The molecule has 0 bridgehead atoms. The number of likely N-dealkylation sites (tertiary alicyclic amines) is 1. The molecule has 1 amide bonds. The molecule has 0 saturated carbocycles. The zero-order chi connectivity index (χ0) is 12.0. The smallest absolute Gasteiger partial charge is 0.247 e. The van der Waals surface area contributed by atoms with Crippen LogP contribution in [0.15, 0.2) is 4.99 Å². The summed E-state index contributed by atoms with van der Waals surface area (Å²) in [6, 6.07) is -0.506. The predicted molar refractivity (Wildman–Crippen MR) is 63.7 cm³/mol. The fourth-order valence-corrected chi connectivity index (χ4v) is 1.91. The van der Waals surface area contributed by atoms with E-state index in [0.29, 0.717) is 13.0 Å². The summed E-state index contributed by atoms with van der Waals surface area (Å²) in [5.41, 5.74) is 16.1. The van der Waals surface area contributed by atoms with Crippen LogP contribution in [-0.4, -0.2) is 42.4 Å². The fourth-order valence-electron chi connectivity index (χ4n) is 1.91. The molecular weight excluding hydrogens is 206 g/mol. The molecule has 1 fully saturated rings. The standard InChI is InChI=1S/C10H21N5O/c11-5-4-8(14-10(12)13)9(16)15-6-2-1-3-7-15/h8H,1-7,11H2,(H4,12,13,14)/t8-/m0/s1. The Morgan fingerprint density at radius 3 is 2.38 bits per heavy atom. The first-order valence-electron chi connectivity index (χ1n) is 5.72. The summed E-state index contributed by atoms with van der Waals surface area (Å²) in [5, 5.41) is 0. The van der Waals surface area contributed by atoms with Gasteiger partial charge in [-0.1, -0.05) is 0 Å². The first kappa shape index (κ1) is 12.8. The number of carbonyl (C=O) groups is 1. The number of nitrogens with two attached hydrogens (primary N) is 3. The summed E-state index contributed by atoms with van der Waals surface area (Å²) in [7, 11) is 0. The van der Waals surface area contributed by atoms with E-state index in [1.165, 1.54) is 6.42 Å². The summed E-state index contributed by atoms with van der Waals surface area (Å²) in [6.07, 6.45) is 3.80. The zero-order valence-electron chi connectivity index (χ0n) is 9.56. The van der Waals surface area contributed by atoms with Gasteiger partial charge in [0.1, 0.15) is 6.04 Å². The molecule has 92 valence electrons. The SMILES string of the molecule is NCC[C@H](N=C(N)N)C(=O)N1CCCCC1. The van der Waals surface area contributed by atoms with Crippen LogP contribution >= 0.6 is 0 Å². The summed E-state index contributed by atoms with van der Waals surface area (Å²) in [5.74, 6) is -0.0534. The molecule has 16 heavy (non-hydrogen) atoms. The Bertz CT molecular complexity index is 256. The highest BCUT2D eigenvalue weighted by atomic mass is 16.2. The monoisotopic (exact) mass is 227 g/mol. The van der Waals surface area contributed by atoms with Crippen molar-refractivity contribution >= 4 is 11.9 Å². The summed E-state index contributed by atoms with van der Waals surface area (Å²) < 4.78 is 0. The van der Waals surface area contributed by atoms with Crippen LogP contribution < -0.4 is 17.2 Å². The van der Waals surface area contributed by atoms with Crippen molar-refractivity contribution in [2.24, 2.45) is 22.2 Å². The first-order chi connectivity index (χ1) is 7.65. The average molecular weight is 227 g/mol. The Kier molecular flexibility index (Phi) is 5.04. The molecule has 0 aromatic heterocycles. The minimum Gasteiger partial charge on any atom is -0.370 e. The minimum absolute atomic E-state index is 0.00134. The Morgan fingerprint density at radius 1 is 1.25 bits per heavy atom. The topological polar surface area (TPSA) is 111 Å². The normalized spacial score (nSPS) is 17.9. The van der Waals surface area contributed by atoms with Gasteiger partial charge in [0, 0.05) is 13.1 Å². The molecular formula is C10H21N5O. The molecule has 1 saturated heterocycles. The molecule has 6 nitrogen and oxygen atoms in total. The number of piperidine rings is 1. The van der Waals surface area contributed by atoms with Gasteiger partial charge in [-0.15, -0.1) is 0 Å². The number of carbonyl (C=O) groups excluding carboxylic acids is 1. The lowest BCUT2D eigenvalue weighted by Crippen LogP contribution is -2.43. The lowest BCUT2D eigenvalue weighted by molar-refractivity contribution is -0.133. The van der Waals surface area contributed by atoms with Crippen LogP contribution in [-0.2, 0) is 4.79 Å². The highest BCUT2D eigenvalue weighted by molar-refractivity contribution is 5.86. The van der Waals surface area contributed by atoms with E-state index in [0.717, 1.165) is 25.9 Å². The van der Waals surface area contributed by atoms with Gasteiger partial charge in [0.25, 0.3) is 0 Å². The molecule has 0 radical (unpaired) electrons. The number of aliphatic imine (C=N–C) groups is 1. The van der Waals surface area contributed by atoms with Gasteiger partial charge in [0.05, 0.1) is 0 Å². The Hall–Kier alpha value is -1.30. The quantitative estimate of drug-likeness (QED) is 0.422. The van der Waals surface area contributed by atoms with Gasteiger partial charge < -0.3 is 22.1 Å². The maximum Gasteiger partial charge on any atom is 0.247 e. The van der Waals surface area contributed by atoms with Gasteiger partial charge in [-0.2, -0.15) is 0 Å². The van der Waals surface area contributed by atoms with Crippen molar-refractivity contribution in [1.29, 1.82) is 0 Å². The second kappa shape index (κ2) is 6.32. The molecule has 0 aromatic rings. The Labute approximate surface area is 95.9 Å². The molecule has 1 aliphatic heterocycles. The van der Waals surface area contributed by atoms with Crippen molar-refractivity contribution in [3.8, 4) is 0 Å². The van der Waals surface area contributed by atoms with Crippen molar-refractivity contribution in [2.45, 2.75) is 31.7 Å². The number of hydrogen-bond acceptors (Lipinski definition) is 3. The van der Waals surface area contributed by atoms with Crippen LogP contribution in [0.5, 0.6) is 0 Å². The molecule has 6 heteroatoms. The van der Waals surface area contributed by atoms with Gasteiger partial charge in [-0.3, -0.25) is 4.79 Å². The van der Waals surface area contributed by atoms with Crippen LogP contribution in [0.3, 0.4) is 0 Å². The van der Waals surface area contributed by atoms with Gasteiger partial charge in [0.2, 0.25) is 5.91 Å². The number of nitrogens with zero attached hydrogens (tertiary/aromatic N) is 2. The molecule has 1 rings (SSSR count). The van der Waals surface area contributed by atoms with E-state index in [-0.39, 0.29) is 11.9 Å². The fraction of sp³-hybridized carbons (Fsp3) is 0.800. The predicted octanol–water partition coefficient (Wildman–Crippen LogP) is -1.01. The molecule has 1 heterocycles. The number of guanidine groups is 1. The van der Waals surface area contributed by atoms with Crippen LogP contribution in [0.25, 0.3) is 0 Å². The van der Waals surface area contributed by atoms with Crippen LogP contribution in [0, 0.1) is 0 Å². The molecule has 6 N–H and O–H groups in total. The van der Waals surface area contributed by atoms with E-state index in [2.05, 4.69) is 4.99 Å². The van der Waals surface area contributed by atoms with Crippen LogP contribution in [0.1, 0.15) is 25.7 Å². The highest BCUT2D eigenvalue weighted by Gasteiger charge is 2.24. The minimum atomic E-state index is -0.506. The van der Waals surface area contributed by atoms with Crippen molar-refractivity contribution in [3.63, 3.8) is 0 Å². The zero-order valence-corrected chi connectivity index (χ0v) is 9.56. The average Bonchev–Trinajstić information content (AvgIpc) is 2.28. The lowest BCUT2D eigenvalue weighted by atomic mass is 10.1. The molecule has 0 aromatic carbocycles. The Morgan fingerprint density at radius 2 is 1.88 bits per heavy atom. The van der Waals surface area contributed by atoms with Crippen molar-refractivity contribution in [3.05, 3.63) is 0 Å². The summed E-state index contributed by atoms with van der Waals surface area (Å²) in [4.78, 5) is 17.8. The maximum atomic E-state index is 12.1. The van der Waals surface area contributed by atoms with Gasteiger partial charge in [0.15, 0.2) is 5.96 Å². The van der Waals surface area contributed by atoms with Crippen molar-refractivity contribution in [1.82, 2.24) is 4.90 Å². The third-order valence-corrected chi connectivity index (χ3v) is 2.70. The van der Waals surface area contributed by atoms with Crippen LogP contribution in [0.4, 0.5) is 0 Å². The third kappa shape index (κ3) is 3.69. The van der Waals surface area contributed by atoms with E-state index in [9.17, 15) is 4.79 Å². The van der Waals surface area contributed by atoms with Crippen molar-refractivity contribution in [2.75, 3.05) is 19.6 Å². The second-order valence-corrected chi connectivity index (χ2v) is 4.03. The maximum absolute atomic E-state index is 12.1. The summed E-state index contributed by atoms with van der Waals surface area (Å²) in [6.45, 7) is 2.01. The molecule has 1 aliphatic rings. The van der Waals surface area contributed by atoms with Crippen molar-refractivity contribution < 1.29 is 4.79 Å². The number of hydrogen-bond donors (Lipinski definition) is 3. The van der Waals surface area contributed by atoms with E-state index < -0.39 is 6.04 Å². The number of amides is 1. The van der Waals surface area contributed by atoms with E-state index in [1.807, 2.05) is 4.90 Å². The van der Waals surface area contributed by atoms with Crippen LogP contribution in [0.2, 0.25) is 0 Å². The molecule has 1 atom stereocenters. The third-order valence-electron chi connectivity index (χ3n) is 2.70. The molecule has 0 unspecified atom stereocenters. The highest BCUT2D eigenvalue weighted by Crippen LogP contribution is 2.12. The Balaban J connectivity index is 2.61. The number of rotatable bonds is 4. The molecule has 0 aliphatic carbocycles. The lowest BCUT2D eigenvalue weighted by Gasteiger charge is -2.29. The largest absolute Gasteiger partial charge is 0.370 e. The summed E-state index contributed by atoms with van der Waals surface area (Å²) >= 11 is 0. The molecule has 0 spiro atoms. The van der Waals surface area contributed by atoms with E-state index in [1.54, 1.807) is 0 Å².